The lowest BCUT2D eigenvalue weighted by atomic mass is 10.1. The number of methoxy groups -OCH3 is 3. The fourth-order valence-electron chi connectivity index (χ4n) is 2.15. The van der Waals surface area contributed by atoms with E-state index in [0.717, 1.165) is 5.56 Å². The average molecular weight is 328 g/mol. The smallest absolute Gasteiger partial charge is 0.275 e. The van der Waals surface area contributed by atoms with Gasteiger partial charge in [-0.3, -0.25) is 4.79 Å². The minimum absolute atomic E-state index is 0.357. The van der Waals surface area contributed by atoms with Gasteiger partial charge in [-0.25, -0.2) is 5.43 Å². The molecule has 6 heteroatoms. The largest absolute Gasteiger partial charge is 0.497 e. The SMILES string of the molecule is COc1ccc(OC)c(C=NNC(=O)c2ccc(C)cc2OC)c1. The van der Waals surface area contributed by atoms with Gasteiger partial charge >= 0.3 is 0 Å². The van der Waals surface area contributed by atoms with Crippen molar-refractivity contribution < 1.29 is 19.0 Å². The molecule has 1 N–H and O–H groups in total. The van der Waals surface area contributed by atoms with Gasteiger partial charge in [-0.05, 0) is 42.8 Å². The summed E-state index contributed by atoms with van der Waals surface area (Å²) in [6.07, 6.45) is 1.50. The molecule has 2 aromatic rings. The van der Waals surface area contributed by atoms with E-state index in [1.54, 1.807) is 44.6 Å². The summed E-state index contributed by atoms with van der Waals surface area (Å²) in [5.74, 6) is 1.44. The molecule has 0 aliphatic heterocycles. The Kier molecular flexibility index (Phi) is 5.78. The first-order chi connectivity index (χ1) is 11.6. The summed E-state index contributed by atoms with van der Waals surface area (Å²) in [4.78, 5) is 12.2. The molecule has 6 nitrogen and oxygen atoms in total. The zero-order valence-corrected chi connectivity index (χ0v) is 14.1. The number of amides is 1. The summed E-state index contributed by atoms with van der Waals surface area (Å²) >= 11 is 0. The first-order valence-corrected chi connectivity index (χ1v) is 7.29. The zero-order valence-electron chi connectivity index (χ0n) is 14.1. The normalized spacial score (nSPS) is 10.5. The highest BCUT2D eigenvalue weighted by atomic mass is 16.5. The first-order valence-electron chi connectivity index (χ1n) is 7.29. The Labute approximate surface area is 141 Å². The molecule has 0 aliphatic carbocycles. The maximum absolute atomic E-state index is 12.2. The third-order valence-electron chi connectivity index (χ3n) is 3.41. The summed E-state index contributed by atoms with van der Waals surface area (Å²) in [6.45, 7) is 1.93. The molecule has 126 valence electrons. The lowest BCUT2D eigenvalue weighted by Gasteiger charge is -2.08. The van der Waals surface area contributed by atoms with Crippen LogP contribution in [0.3, 0.4) is 0 Å². The summed E-state index contributed by atoms with van der Waals surface area (Å²) < 4.78 is 15.7. The highest BCUT2D eigenvalue weighted by molar-refractivity contribution is 5.97. The molecule has 0 aliphatic rings. The van der Waals surface area contributed by atoms with Crippen LogP contribution in [0.1, 0.15) is 21.5 Å². The maximum atomic E-state index is 12.2. The number of rotatable bonds is 6. The molecule has 0 radical (unpaired) electrons. The second-order valence-electron chi connectivity index (χ2n) is 5.01. The highest BCUT2D eigenvalue weighted by Gasteiger charge is 2.11. The number of hydrogen-bond acceptors (Lipinski definition) is 5. The van der Waals surface area contributed by atoms with Gasteiger partial charge in [-0.2, -0.15) is 5.10 Å². The van der Waals surface area contributed by atoms with Crippen LogP contribution in [0.15, 0.2) is 41.5 Å². The topological polar surface area (TPSA) is 69.2 Å². The number of ether oxygens (including phenoxy) is 3. The lowest BCUT2D eigenvalue weighted by molar-refractivity contribution is 0.0952. The number of nitrogens with zero attached hydrogens (tertiary/aromatic N) is 1. The van der Waals surface area contributed by atoms with Crippen LogP contribution in [0.4, 0.5) is 0 Å². The molecule has 24 heavy (non-hydrogen) atoms. The van der Waals surface area contributed by atoms with Crippen molar-refractivity contribution >= 4 is 12.1 Å². The number of hydrazone groups is 1. The van der Waals surface area contributed by atoms with E-state index in [1.165, 1.54) is 13.3 Å². The Hall–Kier alpha value is -3.02. The number of benzene rings is 2. The molecule has 0 atom stereocenters. The van der Waals surface area contributed by atoms with Crippen LogP contribution in [0, 0.1) is 6.92 Å². The number of carbonyl (C=O) groups excluding carboxylic acids is 1. The first kappa shape index (κ1) is 17.3. The number of nitrogens with one attached hydrogen (secondary N) is 1. The van der Waals surface area contributed by atoms with Gasteiger partial charge in [-0.1, -0.05) is 6.07 Å². The van der Waals surface area contributed by atoms with Crippen LogP contribution < -0.4 is 19.6 Å². The van der Waals surface area contributed by atoms with Crippen LogP contribution >= 0.6 is 0 Å². The van der Waals surface area contributed by atoms with E-state index in [4.69, 9.17) is 14.2 Å². The lowest BCUT2D eigenvalue weighted by Crippen LogP contribution is -2.18. The monoisotopic (exact) mass is 328 g/mol. The van der Waals surface area contributed by atoms with E-state index >= 15 is 0 Å². The quantitative estimate of drug-likeness (QED) is 0.654. The van der Waals surface area contributed by atoms with Crippen molar-refractivity contribution in [3.05, 3.63) is 53.1 Å². The van der Waals surface area contributed by atoms with E-state index in [-0.39, 0.29) is 5.91 Å². The van der Waals surface area contributed by atoms with E-state index < -0.39 is 0 Å². The summed E-state index contributed by atoms with van der Waals surface area (Å²) in [7, 11) is 4.67. The van der Waals surface area contributed by atoms with Gasteiger partial charge < -0.3 is 14.2 Å². The molecule has 0 heterocycles. The van der Waals surface area contributed by atoms with Gasteiger partial charge in [0.1, 0.15) is 17.2 Å². The fourth-order valence-corrected chi connectivity index (χ4v) is 2.15. The van der Waals surface area contributed by atoms with E-state index in [0.29, 0.717) is 28.4 Å². The maximum Gasteiger partial charge on any atom is 0.275 e. The molecule has 0 fully saturated rings. The molecular formula is C18H20N2O4. The Morgan fingerprint density at radius 3 is 2.42 bits per heavy atom. The third kappa shape index (κ3) is 4.04. The van der Waals surface area contributed by atoms with Crippen molar-refractivity contribution in [2.24, 2.45) is 5.10 Å². The minimum atomic E-state index is -0.357. The van der Waals surface area contributed by atoms with Crippen molar-refractivity contribution in [1.82, 2.24) is 5.43 Å². The minimum Gasteiger partial charge on any atom is -0.497 e. The summed E-state index contributed by atoms with van der Waals surface area (Å²) in [5, 5.41) is 3.98. The highest BCUT2D eigenvalue weighted by Crippen LogP contribution is 2.22. The van der Waals surface area contributed by atoms with Crippen molar-refractivity contribution in [1.29, 1.82) is 0 Å². The number of aryl methyl sites for hydroxylation is 1. The van der Waals surface area contributed by atoms with Crippen molar-refractivity contribution in [2.75, 3.05) is 21.3 Å². The summed E-state index contributed by atoms with van der Waals surface area (Å²) in [5.41, 5.74) is 4.59. The summed E-state index contributed by atoms with van der Waals surface area (Å²) in [6, 6.07) is 10.7. The van der Waals surface area contributed by atoms with Crippen molar-refractivity contribution in [3.8, 4) is 17.2 Å². The predicted molar refractivity (Wildman–Crippen MR) is 92.3 cm³/mol. The van der Waals surface area contributed by atoms with Crippen LogP contribution in [-0.4, -0.2) is 33.5 Å². The molecule has 1 amide bonds. The standard InChI is InChI=1S/C18H20N2O4/c1-12-5-7-15(17(9-12)24-4)18(21)20-19-11-13-10-14(22-2)6-8-16(13)23-3/h5-11H,1-4H3,(H,20,21). The second-order valence-corrected chi connectivity index (χ2v) is 5.01. The van der Waals surface area contributed by atoms with E-state index in [1.807, 2.05) is 13.0 Å². The Bertz CT molecular complexity index is 757. The molecule has 0 spiro atoms. The molecule has 2 rings (SSSR count). The van der Waals surface area contributed by atoms with Crippen molar-refractivity contribution in [3.63, 3.8) is 0 Å². The van der Waals surface area contributed by atoms with Crippen molar-refractivity contribution in [2.45, 2.75) is 6.92 Å². The zero-order chi connectivity index (χ0) is 17.5. The Morgan fingerprint density at radius 2 is 1.75 bits per heavy atom. The Balaban J connectivity index is 2.16. The number of carbonyl (C=O) groups is 1. The molecule has 0 saturated heterocycles. The van der Waals surface area contributed by atoms with Gasteiger partial charge in [0, 0.05) is 5.56 Å². The van der Waals surface area contributed by atoms with Gasteiger partial charge in [0.2, 0.25) is 0 Å². The van der Waals surface area contributed by atoms with Gasteiger partial charge in [0.25, 0.3) is 5.91 Å². The van der Waals surface area contributed by atoms with Gasteiger partial charge in [-0.15, -0.1) is 0 Å². The fraction of sp³-hybridized carbons (Fsp3) is 0.222. The molecule has 0 aromatic heterocycles. The predicted octanol–water partition coefficient (Wildman–Crippen LogP) is 2.78. The molecule has 0 unspecified atom stereocenters. The average Bonchev–Trinajstić information content (AvgIpc) is 2.61. The number of hydrogen-bond donors (Lipinski definition) is 1. The van der Waals surface area contributed by atoms with Gasteiger partial charge in [0.05, 0.1) is 33.1 Å². The van der Waals surface area contributed by atoms with E-state index in [9.17, 15) is 4.79 Å². The molecule has 0 bridgehead atoms. The van der Waals surface area contributed by atoms with Crippen LogP contribution in [0.5, 0.6) is 17.2 Å². The van der Waals surface area contributed by atoms with E-state index in [2.05, 4.69) is 10.5 Å². The molecule has 2 aromatic carbocycles. The third-order valence-corrected chi connectivity index (χ3v) is 3.41. The van der Waals surface area contributed by atoms with Crippen LogP contribution in [-0.2, 0) is 0 Å². The molecular weight excluding hydrogens is 308 g/mol. The van der Waals surface area contributed by atoms with Gasteiger partial charge in [0.15, 0.2) is 0 Å². The Morgan fingerprint density at radius 1 is 1.00 bits per heavy atom. The molecule has 0 saturated carbocycles. The second kappa shape index (κ2) is 8.01. The van der Waals surface area contributed by atoms with Crippen LogP contribution in [0.25, 0.3) is 0 Å². The van der Waals surface area contributed by atoms with Crippen LogP contribution in [0.2, 0.25) is 0 Å².